The van der Waals surface area contributed by atoms with Crippen molar-refractivity contribution < 1.29 is 4.79 Å². The second-order valence-electron chi connectivity index (χ2n) is 5.95. The van der Waals surface area contributed by atoms with Gasteiger partial charge in [-0.2, -0.15) is 0 Å². The summed E-state index contributed by atoms with van der Waals surface area (Å²) >= 11 is 0. The highest BCUT2D eigenvalue weighted by molar-refractivity contribution is 5.86. The van der Waals surface area contributed by atoms with Crippen LogP contribution in [-0.2, 0) is 17.9 Å². The third kappa shape index (κ3) is 2.88. The van der Waals surface area contributed by atoms with Crippen molar-refractivity contribution in [3.05, 3.63) is 36.4 Å². The molecule has 0 radical (unpaired) electrons. The highest BCUT2D eigenvalue weighted by Crippen LogP contribution is 2.27. The maximum atomic E-state index is 12.3. The van der Waals surface area contributed by atoms with E-state index in [1.165, 1.54) is 6.33 Å². The van der Waals surface area contributed by atoms with E-state index in [0.717, 1.165) is 17.0 Å². The Morgan fingerprint density at radius 1 is 1.28 bits per heavy atom. The molecule has 9 nitrogen and oxygen atoms in total. The summed E-state index contributed by atoms with van der Waals surface area (Å²) in [6, 6.07) is 3.78. The lowest BCUT2D eigenvalue weighted by atomic mass is 9.99. The van der Waals surface area contributed by atoms with Crippen LogP contribution in [0.1, 0.15) is 12.5 Å². The van der Waals surface area contributed by atoms with Gasteiger partial charge in [-0.05, 0) is 24.6 Å². The van der Waals surface area contributed by atoms with Gasteiger partial charge < -0.3 is 10.2 Å². The smallest absolute Gasteiger partial charge is 0.226 e. The first-order valence-electron chi connectivity index (χ1n) is 8.22. The minimum absolute atomic E-state index is 0.0481. The molecule has 25 heavy (non-hydrogen) atoms. The van der Waals surface area contributed by atoms with E-state index in [0.29, 0.717) is 31.7 Å². The molecule has 1 fully saturated rings. The number of hydrogen-bond acceptors (Lipinski definition) is 7. The fourth-order valence-electron chi connectivity index (χ4n) is 2.88. The Morgan fingerprint density at radius 2 is 2.08 bits per heavy atom. The highest BCUT2D eigenvalue weighted by atomic mass is 16.2. The second kappa shape index (κ2) is 6.42. The van der Waals surface area contributed by atoms with Crippen molar-refractivity contribution in [3.8, 4) is 0 Å². The van der Waals surface area contributed by atoms with E-state index in [1.54, 1.807) is 17.1 Å². The first kappa shape index (κ1) is 15.4. The number of pyridine rings is 1. The van der Waals surface area contributed by atoms with Gasteiger partial charge >= 0.3 is 0 Å². The van der Waals surface area contributed by atoms with E-state index in [2.05, 4.69) is 30.6 Å². The quantitative estimate of drug-likeness (QED) is 0.718. The minimum Gasteiger partial charge on any atom is -0.353 e. The Morgan fingerprint density at radius 3 is 2.84 bits per heavy atom. The number of nitrogens with one attached hydrogen (secondary N) is 1. The van der Waals surface area contributed by atoms with Crippen LogP contribution in [0.25, 0.3) is 11.2 Å². The molecule has 0 atom stereocenters. The number of carbonyl (C=O) groups excluding carboxylic acids is 1. The van der Waals surface area contributed by atoms with Gasteiger partial charge in [-0.15, -0.1) is 5.10 Å². The molecule has 0 unspecified atom stereocenters. The minimum atomic E-state index is -0.0481. The molecule has 0 saturated carbocycles. The summed E-state index contributed by atoms with van der Waals surface area (Å²) in [4.78, 5) is 26.8. The number of rotatable bonds is 5. The summed E-state index contributed by atoms with van der Waals surface area (Å²) in [5.41, 5.74) is 2.44. The van der Waals surface area contributed by atoms with Gasteiger partial charge in [0.05, 0.1) is 5.92 Å². The Hall–Kier alpha value is -3.10. The second-order valence-corrected chi connectivity index (χ2v) is 5.95. The fourth-order valence-corrected chi connectivity index (χ4v) is 2.88. The molecule has 1 amide bonds. The van der Waals surface area contributed by atoms with Gasteiger partial charge in [-0.3, -0.25) is 9.78 Å². The zero-order valence-corrected chi connectivity index (χ0v) is 13.8. The molecule has 1 aliphatic heterocycles. The molecular weight excluding hydrogens is 320 g/mol. The summed E-state index contributed by atoms with van der Waals surface area (Å²) < 4.78 is 1.74. The molecule has 128 valence electrons. The van der Waals surface area contributed by atoms with Crippen LogP contribution in [0.5, 0.6) is 0 Å². The van der Waals surface area contributed by atoms with Crippen LogP contribution in [0.4, 0.5) is 5.82 Å². The van der Waals surface area contributed by atoms with Crippen molar-refractivity contribution >= 4 is 22.9 Å². The zero-order chi connectivity index (χ0) is 17.2. The normalized spacial score (nSPS) is 14.5. The van der Waals surface area contributed by atoms with Gasteiger partial charge in [-0.25, -0.2) is 14.6 Å². The first-order valence-corrected chi connectivity index (χ1v) is 8.22. The standard InChI is InChI=1S/C16H18N8O/c1-2-24-15-13(21-22-24)14(19-10-20-15)23-8-12(9-23)16(25)18-7-11-3-5-17-6-4-11/h3-6,10,12H,2,7-9H2,1H3,(H,18,25). The largest absolute Gasteiger partial charge is 0.353 e. The van der Waals surface area contributed by atoms with Gasteiger partial charge in [-0.1, -0.05) is 5.21 Å². The van der Waals surface area contributed by atoms with Crippen LogP contribution >= 0.6 is 0 Å². The van der Waals surface area contributed by atoms with Crippen LogP contribution in [0, 0.1) is 5.92 Å². The average Bonchev–Trinajstić information content (AvgIpc) is 3.03. The lowest BCUT2D eigenvalue weighted by Crippen LogP contribution is -2.54. The van der Waals surface area contributed by atoms with Gasteiger partial charge in [0.2, 0.25) is 5.91 Å². The van der Waals surface area contributed by atoms with Crippen LogP contribution in [0.15, 0.2) is 30.9 Å². The molecule has 3 aromatic rings. The summed E-state index contributed by atoms with van der Waals surface area (Å²) in [6.07, 6.45) is 4.96. The number of anilines is 1. The van der Waals surface area contributed by atoms with Gasteiger partial charge in [0.25, 0.3) is 0 Å². The van der Waals surface area contributed by atoms with E-state index >= 15 is 0 Å². The monoisotopic (exact) mass is 338 g/mol. The Labute approximate surface area is 144 Å². The third-order valence-electron chi connectivity index (χ3n) is 4.35. The van der Waals surface area contributed by atoms with Crippen molar-refractivity contribution in [1.29, 1.82) is 0 Å². The number of hydrogen-bond donors (Lipinski definition) is 1. The molecule has 9 heteroatoms. The van der Waals surface area contributed by atoms with Crippen molar-refractivity contribution in [2.45, 2.75) is 20.0 Å². The summed E-state index contributed by atoms with van der Waals surface area (Å²) in [7, 11) is 0. The van der Waals surface area contributed by atoms with E-state index in [-0.39, 0.29) is 11.8 Å². The maximum Gasteiger partial charge on any atom is 0.226 e. The zero-order valence-electron chi connectivity index (χ0n) is 13.8. The SMILES string of the molecule is CCn1nnc2c(N3CC(C(=O)NCc4ccncc4)C3)ncnc21. The molecule has 1 N–H and O–H groups in total. The molecule has 4 rings (SSSR count). The van der Waals surface area contributed by atoms with Crippen LogP contribution in [-0.4, -0.2) is 48.9 Å². The predicted octanol–water partition coefficient (Wildman–Crippen LogP) is 0.389. The molecule has 4 heterocycles. The van der Waals surface area contributed by atoms with Crippen LogP contribution in [0.3, 0.4) is 0 Å². The lowest BCUT2D eigenvalue weighted by Gasteiger charge is -2.38. The van der Waals surface area contributed by atoms with Crippen molar-refractivity contribution in [1.82, 2.24) is 35.3 Å². The molecule has 3 aromatic heterocycles. The van der Waals surface area contributed by atoms with Crippen molar-refractivity contribution in [3.63, 3.8) is 0 Å². The molecule has 1 saturated heterocycles. The Balaban J connectivity index is 1.39. The number of amides is 1. The maximum absolute atomic E-state index is 12.3. The highest BCUT2D eigenvalue weighted by Gasteiger charge is 2.35. The van der Waals surface area contributed by atoms with Crippen LogP contribution < -0.4 is 10.2 Å². The number of nitrogens with zero attached hydrogens (tertiary/aromatic N) is 7. The van der Waals surface area contributed by atoms with Gasteiger partial charge in [0.15, 0.2) is 17.0 Å². The Bertz CT molecular complexity index is 888. The average molecular weight is 338 g/mol. The van der Waals surface area contributed by atoms with Crippen LogP contribution in [0.2, 0.25) is 0 Å². The van der Waals surface area contributed by atoms with Gasteiger partial charge in [0, 0.05) is 38.6 Å². The molecule has 0 aliphatic carbocycles. The van der Waals surface area contributed by atoms with Gasteiger partial charge in [0.1, 0.15) is 6.33 Å². The first-order chi connectivity index (χ1) is 12.3. The molecular formula is C16H18N8O. The van der Waals surface area contributed by atoms with E-state index in [4.69, 9.17) is 0 Å². The van der Waals surface area contributed by atoms with E-state index < -0.39 is 0 Å². The predicted molar refractivity (Wildman–Crippen MR) is 90.6 cm³/mol. The lowest BCUT2D eigenvalue weighted by molar-refractivity contribution is -0.125. The number of fused-ring (bicyclic) bond motifs is 1. The molecule has 0 bridgehead atoms. The van der Waals surface area contributed by atoms with E-state index in [9.17, 15) is 4.79 Å². The summed E-state index contributed by atoms with van der Waals surface area (Å²) in [5.74, 6) is 0.742. The Kier molecular flexibility index (Phi) is 3.96. The third-order valence-corrected chi connectivity index (χ3v) is 4.35. The number of aryl methyl sites for hydroxylation is 1. The summed E-state index contributed by atoms with van der Waals surface area (Å²) in [6.45, 7) is 4.44. The topological polar surface area (TPSA) is 102 Å². The van der Waals surface area contributed by atoms with Crippen molar-refractivity contribution in [2.75, 3.05) is 18.0 Å². The molecule has 0 aromatic carbocycles. The van der Waals surface area contributed by atoms with Crippen molar-refractivity contribution in [2.24, 2.45) is 5.92 Å². The fraction of sp³-hybridized carbons (Fsp3) is 0.375. The molecule has 1 aliphatic rings. The number of aromatic nitrogens is 6. The summed E-state index contributed by atoms with van der Waals surface area (Å²) in [5, 5.41) is 11.2. The van der Waals surface area contributed by atoms with E-state index in [1.807, 2.05) is 24.0 Å². The number of carbonyl (C=O) groups is 1. The molecule has 0 spiro atoms.